The minimum absolute atomic E-state index is 0.118. The Labute approximate surface area is 219 Å². The summed E-state index contributed by atoms with van der Waals surface area (Å²) in [5.74, 6) is -0.224. The maximum absolute atomic E-state index is 13.5. The maximum Gasteiger partial charge on any atom is 0.337 e. The van der Waals surface area contributed by atoms with Gasteiger partial charge in [0.1, 0.15) is 17.5 Å². The molecule has 0 bridgehead atoms. The third-order valence-corrected chi connectivity index (χ3v) is 6.13. The predicted octanol–water partition coefficient (Wildman–Crippen LogP) is 3.86. The van der Waals surface area contributed by atoms with Gasteiger partial charge in [-0.15, -0.1) is 0 Å². The molecule has 196 valence electrons. The second-order valence-electron chi connectivity index (χ2n) is 8.47. The first-order chi connectivity index (χ1) is 18.3. The highest BCUT2D eigenvalue weighted by Gasteiger charge is 2.46. The summed E-state index contributed by atoms with van der Waals surface area (Å²) in [6, 6.07) is 18.3. The van der Waals surface area contributed by atoms with E-state index in [1.54, 1.807) is 67.8 Å². The highest BCUT2D eigenvalue weighted by Crippen LogP contribution is 2.30. The van der Waals surface area contributed by atoms with E-state index >= 15 is 0 Å². The van der Waals surface area contributed by atoms with Crippen molar-refractivity contribution in [3.05, 3.63) is 83.9 Å². The lowest BCUT2D eigenvalue weighted by atomic mass is 10.1. The molecule has 1 saturated heterocycles. The van der Waals surface area contributed by atoms with Crippen LogP contribution in [0.15, 0.2) is 72.8 Å². The highest BCUT2D eigenvalue weighted by molar-refractivity contribution is 6.22. The number of hydrogen-bond donors (Lipinski definition) is 1. The summed E-state index contributed by atoms with van der Waals surface area (Å²) in [6.07, 6.45) is -0.258. The first-order valence-corrected chi connectivity index (χ1v) is 11.7. The van der Waals surface area contributed by atoms with Crippen molar-refractivity contribution in [1.82, 2.24) is 4.90 Å². The summed E-state index contributed by atoms with van der Waals surface area (Å²) in [5.41, 5.74) is 1.92. The molecule has 38 heavy (non-hydrogen) atoms. The van der Waals surface area contributed by atoms with Crippen molar-refractivity contribution in [2.75, 3.05) is 31.5 Å². The number of benzene rings is 3. The second kappa shape index (κ2) is 11.5. The minimum Gasteiger partial charge on any atom is -0.497 e. The number of rotatable bonds is 9. The molecule has 10 heteroatoms. The van der Waals surface area contributed by atoms with Crippen LogP contribution in [0.5, 0.6) is 11.5 Å². The SMILES string of the molecule is COC(=O)c1ccc(NC(=O)C[C@@H]2C(=O)N(c3ccc(OC)cc3)C(=O)N2Cc2ccc(OC)cc2)cc1. The van der Waals surface area contributed by atoms with E-state index in [2.05, 4.69) is 10.1 Å². The number of ether oxygens (including phenoxy) is 3. The van der Waals surface area contributed by atoms with E-state index in [4.69, 9.17) is 9.47 Å². The Hall–Kier alpha value is -4.86. The number of anilines is 2. The molecule has 1 aliphatic heterocycles. The van der Waals surface area contributed by atoms with Gasteiger partial charge in [0.15, 0.2) is 0 Å². The van der Waals surface area contributed by atoms with Gasteiger partial charge in [-0.3, -0.25) is 9.59 Å². The smallest absolute Gasteiger partial charge is 0.337 e. The van der Waals surface area contributed by atoms with E-state index in [0.717, 1.165) is 10.5 Å². The zero-order valence-corrected chi connectivity index (χ0v) is 21.2. The fourth-order valence-electron chi connectivity index (χ4n) is 4.11. The standard InChI is InChI=1S/C28H27N3O7/c1-36-22-12-4-18(5-13-22)17-30-24(16-25(32)29-20-8-6-19(7-9-20)27(34)38-3)26(33)31(28(30)35)21-10-14-23(37-2)15-11-21/h4-15,24H,16-17H2,1-3H3,(H,29,32)/t24-/m1/s1. The first-order valence-electron chi connectivity index (χ1n) is 11.7. The first kappa shape index (κ1) is 26.2. The molecule has 0 aromatic heterocycles. The predicted molar refractivity (Wildman–Crippen MR) is 139 cm³/mol. The minimum atomic E-state index is -1.03. The van der Waals surface area contributed by atoms with Gasteiger partial charge >= 0.3 is 12.0 Å². The number of urea groups is 1. The summed E-state index contributed by atoms with van der Waals surface area (Å²) < 4.78 is 15.1. The van der Waals surface area contributed by atoms with Gasteiger partial charge in [-0.25, -0.2) is 14.5 Å². The van der Waals surface area contributed by atoms with Crippen molar-refractivity contribution in [3.63, 3.8) is 0 Å². The number of hydrogen-bond acceptors (Lipinski definition) is 7. The fourth-order valence-corrected chi connectivity index (χ4v) is 4.11. The highest BCUT2D eigenvalue weighted by atomic mass is 16.5. The molecule has 0 unspecified atom stereocenters. The van der Waals surface area contributed by atoms with Crippen LogP contribution in [0.4, 0.5) is 16.2 Å². The van der Waals surface area contributed by atoms with Crippen molar-refractivity contribution >= 4 is 35.2 Å². The molecular formula is C28H27N3O7. The molecule has 1 atom stereocenters. The van der Waals surface area contributed by atoms with Gasteiger partial charge in [0, 0.05) is 12.2 Å². The van der Waals surface area contributed by atoms with Crippen LogP contribution in [-0.2, 0) is 20.9 Å². The second-order valence-corrected chi connectivity index (χ2v) is 8.47. The van der Waals surface area contributed by atoms with Crippen LogP contribution < -0.4 is 19.7 Å². The van der Waals surface area contributed by atoms with Gasteiger partial charge < -0.3 is 24.4 Å². The Morgan fingerprint density at radius 1 is 0.816 bits per heavy atom. The molecule has 1 heterocycles. The van der Waals surface area contributed by atoms with E-state index in [-0.39, 0.29) is 13.0 Å². The summed E-state index contributed by atoms with van der Waals surface area (Å²) in [4.78, 5) is 54.0. The maximum atomic E-state index is 13.5. The van der Waals surface area contributed by atoms with Crippen LogP contribution in [0.2, 0.25) is 0 Å². The summed E-state index contributed by atoms with van der Waals surface area (Å²) in [5, 5.41) is 2.72. The quantitative estimate of drug-likeness (QED) is 0.339. The van der Waals surface area contributed by atoms with E-state index < -0.39 is 29.9 Å². The Morgan fingerprint density at radius 3 is 1.95 bits per heavy atom. The number of nitrogens with one attached hydrogen (secondary N) is 1. The van der Waals surface area contributed by atoms with E-state index in [1.165, 1.54) is 31.3 Å². The average Bonchev–Trinajstić information content (AvgIpc) is 3.17. The third-order valence-electron chi connectivity index (χ3n) is 6.13. The van der Waals surface area contributed by atoms with Crippen LogP contribution in [0.3, 0.4) is 0 Å². The Bertz CT molecular complexity index is 1320. The summed E-state index contributed by atoms with van der Waals surface area (Å²) in [7, 11) is 4.36. The number of amides is 4. The number of nitrogens with zero attached hydrogens (tertiary/aromatic N) is 2. The number of esters is 1. The molecule has 0 spiro atoms. The third kappa shape index (κ3) is 5.59. The lowest BCUT2D eigenvalue weighted by Gasteiger charge is -2.22. The van der Waals surface area contributed by atoms with E-state index in [0.29, 0.717) is 28.4 Å². The molecular weight excluding hydrogens is 490 g/mol. The average molecular weight is 518 g/mol. The molecule has 3 aromatic carbocycles. The van der Waals surface area contributed by atoms with Crippen molar-refractivity contribution in [2.45, 2.75) is 19.0 Å². The number of carbonyl (C=O) groups excluding carboxylic acids is 4. The van der Waals surface area contributed by atoms with Gasteiger partial charge in [0.2, 0.25) is 5.91 Å². The monoisotopic (exact) mass is 517 g/mol. The topological polar surface area (TPSA) is 114 Å². The van der Waals surface area contributed by atoms with Crippen molar-refractivity contribution in [3.8, 4) is 11.5 Å². The normalized spacial score (nSPS) is 14.9. The van der Waals surface area contributed by atoms with E-state index in [9.17, 15) is 19.2 Å². The zero-order chi connectivity index (χ0) is 27.2. The molecule has 3 aromatic rings. The van der Waals surface area contributed by atoms with Gasteiger partial charge in [-0.1, -0.05) is 12.1 Å². The zero-order valence-electron chi connectivity index (χ0n) is 21.2. The number of methoxy groups -OCH3 is 3. The van der Waals surface area contributed by atoms with Gasteiger partial charge in [0.05, 0.1) is 39.0 Å². The van der Waals surface area contributed by atoms with Gasteiger partial charge in [-0.2, -0.15) is 0 Å². The molecule has 0 radical (unpaired) electrons. The number of carbonyl (C=O) groups is 4. The molecule has 1 fully saturated rings. The lowest BCUT2D eigenvalue weighted by molar-refractivity contribution is -0.124. The Morgan fingerprint density at radius 2 is 1.39 bits per heavy atom. The van der Waals surface area contributed by atoms with Crippen molar-refractivity contribution in [1.29, 1.82) is 0 Å². The molecule has 4 amide bonds. The number of imide groups is 1. The molecule has 0 saturated carbocycles. The molecule has 4 rings (SSSR count). The Balaban J connectivity index is 1.56. The molecule has 1 N–H and O–H groups in total. The van der Waals surface area contributed by atoms with Crippen LogP contribution >= 0.6 is 0 Å². The van der Waals surface area contributed by atoms with E-state index in [1.807, 2.05) is 0 Å². The molecule has 0 aliphatic carbocycles. The van der Waals surface area contributed by atoms with Crippen molar-refractivity contribution < 1.29 is 33.4 Å². The summed E-state index contributed by atoms with van der Waals surface area (Å²) >= 11 is 0. The van der Waals surface area contributed by atoms with Crippen LogP contribution in [0, 0.1) is 0 Å². The molecule has 10 nitrogen and oxygen atoms in total. The Kier molecular flexibility index (Phi) is 7.91. The largest absolute Gasteiger partial charge is 0.497 e. The van der Waals surface area contributed by atoms with Gasteiger partial charge in [0.25, 0.3) is 5.91 Å². The fraction of sp³-hybridized carbons (Fsp3) is 0.214. The molecule has 1 aliphatic rings. The van der Waals surface area contributed by atoms with Crippen molar-refractivity contribution in [2.24, 2.45) is 0 Å². The van der Waals surface area contributed by atoms with Crippen LogP contribution in [-0.4, -0.2) is 56.1 Å². The van der Waals surface area contributed by atoms with Crippen LogP contribution in [0.25, 0.3) is 0 Å². The van der Waals surface area contributed by atoms with Crippen LogP contribution in [0.1, 0.15) is 22.3 Å². The summed E-state index contributed by atoms with van der Waals surface area (Å²) in [6.45, 7) is 0.118. The van der Waals surface area contributed by atoms with Gasteiger partial charge in [-0.05, 0) is 66.2 Å². The lowest BCUT2D eigenvalue weighted by Crippen LogP contribution is -2.37.